The molecule has 0 spiro atoms. The molecule has 0 atom stereocenters. The number of piperidine rings is 1. The van der Waals surface area contributed by atoms with E-state index in [2.05, 4.69) is 5.43 Å². The van der Waals surface area contributed by atoms with Gasteiger partial charge in [-0.05, 0) is 12.8 Å². The van der Waals surface area contributed by atoms with Crippen LogP contribution in [0.1, 0.15) is 24.8 Å². The molecule has 6 heteroatoms. The van der Waals surface area contributed by atoms with E-state index >= 15 is 0 Å². The minimum absolute atomic E-state index is 0.285. The Hall–Kier alpha value is -1.53. The highest BCUT2D eigenvalue weighted by Gasteiger charge is 2.17. The van der Waals surface area contributed by atoms with Crippen molar-refractivity contribution in [3.63, 3.8) is 0 Å². The normalized spacial score (nSPS) is 16.7. The third kappa shape index (κ3) is 3.02. The fourth-order valence-corrected chi connectivity index (χ4v) is 2.09. The van der Waals surface area contributed by atoms with Gasteiger partial charge >= 0.3 is 5.69 Å². The molecule has 1 saturated heterocycles. The van der Waals surface area contributed by atoms with Gasteiger partial charge in [0.05, 0.1) is 4.92 Å². The number of hydrazine groups is 1. The summed E-state index contributed by atoms with van der Waals surface area (Å²) in [6.45, 7) is 2.17. The summed E-state index contributed by atoms with van der Waals surface area (Å²) in [5.74, 6) is -0.744. The van der Waals surface area contributed by atoms with Gasteiger partial charge in [-0.25, -0.2) is 5.01 Å². The number of hydrogen-bond donors (Lipinski definition) is 1. The largest absolute Gasteiger partial charge is 0.305 e. The van der Waals surface area contributed by atoms with Crippen LogP contribution in [-0.4, -0.2) is 23.0 Å². The molecule has 1 heterocycles. The molecule has 1 aliphatic heterocycles. The summed E-state index contributed by atoms with van der Waals surface area (Å²) in [6, 6.07) is 4.26. The Morgan fingerprint density at radius 3 is 2.72 bits per heavy atom. The quantitative estimate of drug-likeness (QED) is 0.660. The lowest BCUT2D eigenvalue weighted by molar-refractivity contribution is -0.387. The molecule has 0 radical (unpaired) electrons. The molecular weight excluding hydrogens is 237 g/mol. The number of halogens is 1. The Morgan fingerprint density at radius 1 is 1.33 bits per heavy atom. The second-order valence-corrected chi connectivity index (χ2v) is 4.39. The maximum Gasteiger partial charge on any atom is 0.305 e. The first-order valence-electron chi connectivity index (χ1n) is 6.08. The van der Waals surface area contributed by atoms with E-state index in [1.807, 2.05) is 5.01 Å². The molecule has 1 N–H and O–H groups in total. The zero-order valence-corrected chi connectivity index (χ0v) is 10.1. The second-order valence-electron chi connectivity index (χ2n) is 4.39. The van der Waals surface area contributed by atoms with Gasteiger partial charge in [0.25, 0.3) is 0 Å². The van der Waals surface area contributed by atoms with E-state index in [4.69, 9.17) is 0 Å². The maximum absolute atomic E-state index is 13.8. The van der Waals surface area contributed by atoms with Gasteiger partial charge in [-0.3, -0.25) is 15.5 Å². The van der Waals surface area contributed by atoms with E-state index in [1.54, 1.807) is 6.07 Å². The summed E-state index contributed by atoms with van der Waals surface area (Å²) in [5.41, 5.74) is 2.98. The summed E-state index contributed by atoms with van der Waals surface area (Å²) in [6.07, 6.45) is 3.48. The molecule has 18 heavy (non-hydrogen) atoms. The predicted octanol–water partition coefficient (Wildman–Crippen LogP) is 2.22. The molecule has 1 aromatic rings. The third-order valence-electron chi connectivity index (χ3n) is 3.10. The van der Waals surface area contributed by atoms with Gasteiger partial charge in [0, 0.05) is 31.3 Å². The highest BCUT2D eigenvalue weighted by molar-refractivity contribution is 5.36. The lowest BCUT2D eigenvalue weighted by Gasteiger charge is -2.27. The zero-order valence-electron chi connectivity index (χ0n) is 10.1. The first kappa shape index (κ1) is 12.9. The molecule has 0 bridgehead atoms. The van der Waals surface area contributed by atoms with Crippen LogP contribution in [0.25, 0.3) is 0 Å². The van der Waals surface area contributed by atoms with Crippen molar-refractivity contribution in [1.82, 2.24) is 10.4 Å². The van der Waals surface area contributed by atoms with Crippen molar-refractivity contribution in [3.8, 4) is 0 Å². The van der Waals surface area contributed by atoms with Crippen molar-refractivity contribution in [2.75, 3.05) is 13.1 Å². The van der Waals surface area contributed by atoms with Gasteiger partial charge in [-0.15, -0.1) is 0 Å². The highest BCUT2D eigenvalue weighted by Crippen LogP contribution is 2.20. The van der Waals surface area contributed by atoms with Crippen LogP contribution in [0.3, 0.4) is 0 Å². The molecule has 1 aromatic carbocycles. The van der Waals surface area contributed by atoms with Crippen LogP contribution in [0, 0.1) is 15.9 Å². The van der Waals surface area contributed by atoms with Crippen LogP contribution in [0.4, 0.5) is 10.1 Å². The average Bonchev–Trinajstić information content (AvgIpc) is 2.38. The van der Waals surface area contributed by atoms with E-state index in [0.29, 0.717) is 5.56 Å². The lowest BCUT2D eigenvalue weighted by Crippen LogP contribution is -2.41. The van der Waals surface area contributed by atoms with Crippen LogP contribution < -0.4 is 5.43 Å². The Balaban J connectivity index is 2.00. The second kappa shape index (κ2) is 5.88. The third-order valence-corrected chi connectivity index (χ3v) is 3.10. The van der Waals surface area contributed by atoms with Gasteiger partial charge in [0.1, 0.15) is 0 Å². The number of benzene rings is 1. The van der Waals surface area contributed by atoms with E-state index in [1.165, 1.54) is 18.6 Å². The summed E-state index contributed by atoms with van der Waals surface area (Å²) in [5, 5.41) is 12.7. The molecule has 1 fully saturated rings. The Labute approximate surface area is 105 Å². The molecule has 1 aliphatic rings. The van der Waals surface area contributed by atoms with Gasteiger partial charge in [-0.2, -0.15) is 4.39 Å². The molecular formula is C12H16FN3O2. The summed E-state index contributed by atoms with van der Waals surface area (Å²) in [4.78, 5) is 9.92. The van der Waals surface area contributed by atoms with Crippen molar-refractivity contribution in [2.45, 2.75) is 25.8 Å². The lowest BCUT2D eigenvalue weighted by atomic mass is 10.1. The molecule has 0 unspecified atom stereocenters. The SMILES string of the molecule is O=[N+]([O-])c1cccc(CNN2CCCCC2)c1F. The minimum atomic E-state index is -0.744. The van der Waals surface area contributed by atoms with E-state index < -0.39 is 16.4 Å². The molecule has 2 rings (SSSR count). The van der Waals surface area contributed by atoms with E-state index in [-0.39, 0.29) is 6.54 Å². The molecule has 0 aromatic heterocycles. The molecule has 5 nitrogen and oxygen atoms in total. The summed E-state index contributed by atoms with van der Waals surface area (Å²) < 4.78 is 13.8. The van der Waals surface area contributed by atoms with Crippen LogP contribution in [-0.2, 0) is 6.54 Å². The van der Waals surface area contributed by atoms with Crippen molar-refractivity contribution >= 4 is 5.69 Å². The van der Waals surface area contributed by atoms with Crippen molar-refractivity contribution < 1.29 is 9.31 Å². The number of hydrogen-bond acceptors (Lipinski definition) is 4. The molecule has 0 aliphatic carbocycles. The van der Waals surface area contributed by atoms with Crippen LogP contribution in [0.5, 0.6) is 0 Å². The van der Waals surface area contributed by atoms with Crippen molar-refractivity contribution in [2.24, 2.45) is 0 Å². The zero-order chi connectivity index (χ0) is 13.0. The van der Waals surface area contributed by atoms with Gasteiger partial charge < -0.3 is 0 Å². The highest BCUT2D eigenvalue weighted by atomic mass is 19.1. The van der Waals surface area contributed by atoms with Gasteiger partial charge in [0.15, 0.2) is 0 Å². The number of nitrogens with one attached hydrogen (secondary N) is 1. The standard InChI is InChI=1S/C12H16FN3O2/c13-12-10(5-4-6-11(12)16(17)18)9-14-15-7-2-1-3-8-15/h4-6,14H,1-3,7-9H2. The number of rotatable bonds is 4. The molecule has 0 amide bonds. The van der Waals surface area contributed by atoms with Gasteiger partial charge in [0.2, 0.25) is 5.82 Å². The van der Waals surface area contributed by atoms with E-state index in [9.17, 15) is 14.5 Å². The van der Waals surface area contributed by atoms with Crippen LogP contribution in [0.15, 0.2) is 18.2 Å². The summed E-state index contributed by atoms with van der Waals surface area (Å²) in [7, 11) is 0. The topological polar surface area (TPSA) is 58.4 Å². The van der Waals surface area contributed by atoms with Crippen LogP contribution >= 0.6 is 0 Å². The predicted molar refractivity (Wildman–Crippen MR) is 65.3 cm³/mol. The van der Waals surface area contributed by atoms with Crippen molar-refractivity contribution in [3.05, 3.63) is 39.7 Å². The van der Waals surface area contributed by atoms with Crippen molar-refractivity contribution in [1.29, 1.82) is 0 Å². The molecule has 0 saturated carbocycles. The number of nitro groups is 1. The first-order chi connectivity index (χ1) is 8.68. The fourth-order valence-electron chi connectivity index (χ4n) is 2.09. The average molecular weight is 253 g/mol. The first-order valence-corrected chi connectivity index (χ1v) is 6.08. The van der Waals surface area contributed by atoms with E-state index in [0.717, 1.165) is 25.9 Å². The maximum atomic E-state index is 13.8. The van der Waals surface area contributed by atoms with Gasteiger partial charge in [-0.1, -0.05) is 18.6 Å². The van der Waals surface area contributed by atoms with Crippen LogP contribution in [0.2, 0.25) is 0 Å². The Kier molecular flexibility index (Phi) is 4.22. The monoisotopic (exact) mass is 253 g/mol. The Morgan fingerprint density at radius 2 is 2.06 bits per heavy atom. The molecule has 98 valence electrons. The Bertz CT molecular complexity index is 433. The summed E-state index contributed by atoms with van der Waals surface area (Å²) >= 11 is 0. The number of nitrogens with zero attached hydrogens (tertiary/aromatic N) is 2. The number of nitro benzene ring substituents is 1. The smallest absolute Gasteiger partial charge is 0.258 e. The fraction of sp³-hybridized carbons (Fsp3) is 0.500. The minimum Gasteiger partial charge on any atom is -0.258 e.